The Morgan fingerprint density at radius 2 is 1.89 bits per heavy atom. The Kier molecular flexibility index (Phi) is 6.98. The lowest BCUT2D eigenvalue weighted by Gasteiger charge is -2.16. The lowest BCUT2D eigenvalue weighted by molar-refractivity contribution is 0.283. The molecule has 0 amide bonds. The SMILES string of the molecule is COc1ccc(CNC(C)Cc2ccccc2F)cc1OCc1cccnc1. The van der Waals surface area contributed by atoms with E-state index in [1.165, 1.54) is 6.07 Å². The van der Waals surface area contributed by atoms with Gasteiger partial charge in [0.05, 0.1) is 7.11 Å². The normalized spacial score (nSPS) is 11.8. The van der Waals surface area contributed by atoms with Crippen LogP contribution in [-0.2, 0) is 19.6 Å². The van der Waals surface area contributed by atoms with Gasteiger partial charge in [0.1, 0.15) is 12.4 Å². The summed E-state index contributed by atoms with van der Waals surface area (Å²) in [6.07, 6.45) is 4.15. The van der Waals surface area contributed by atoms with Crippen molar-refractivity contribution in [1.82, 2.24) is 10.3 Å². The molecular weight excluding hydrogens is 355 g/mol. The molecule has 1 atom stereocenters. The second kappa shape index (κ2) is 9.85. The van der Waals surface area contributed by atoms with Crippen LogP contribution in [-0.4, -0.2) is 18.1 Å². The van der Waals surface area contributed by atoms with Crippen LogP contribution in [0.3, 0.4) is 0 Å². The Morgan fingerprint density at radius 3 is 2.64 bits per heavy atom. The molecule has 0 aliphatic heterocycles. The summed E-state index contributed by atoms with van der Waals surface area (Å²) in [4.78, 5) is 4.10. The first-order valence-corrected chi connectivity index (χ1v) is 9.31. The second-order valence-corrected chi connectivity index (χ2v) is 6.71. The predicted octanol–water partition coefficient (Wildman–Crippen LogP) is 4.53. The molecule has 1 N–H and O–H groups in total. The summed E-state index contributed by atoms with van der Waals surface area (Å²) in [5.74, 6) is 1.21. The highest BCUT2D eigenvalue weighted by Crippen LogP contribution is 2.29. The molecule has 28 heavy (non-hydrogen) atoms. The van der Waals surface area contributed by atoms with Crippen molar-refractivity contribution in [2.24, 2.45) is 0 Å². The number of rotatable bonds is 9. The molecular formula is C23H25FN2O2. The minimum Gasteiger partial charge on any atom is -0.493 e. The predicted molar refractivity (Wildman–Crippen MR) is 108 cm³/mol. The van der Waals surface area contributed by atoms with E-state index in [-0.39, 0.29) is 11.9 Å². The first kappa shape index (κ1) is 19.8. The van der Waals surface area contributed by atoms with Gasteiger partial charge in [-0.05, 0) is 48.7 Å². The van der Waals surface area contributed by atoms with Crippen molar-refractivity contribution in [1.29, 1.82) is 0 Å². The zero-order valence-corrected chi connectivity index (χ0v) is 16.2. The van der Waals surface area contributed by atoms with Gasteiger partial charge in [-0.2, -0.15) is 0 Å². The lowest BCUT2D eigenvalue weighted by Crippen LogP contribution is -2.27. The van der Waals surface area contributed by atoms with Gasteiger partial charge >= 0.3 is 0 Å². The number of hydrogen-bond donors (Lipinski definition) is 1. The third kappa shape index (κ3) is 5.54. The van der Waals surface area contributed by atoms with Gasteiger partial charge in [-0.1, -0.05) is 30.3 Å². The number of pyridine rings is 1. The highest BCUT2D eigenvalue weighted by Gasteiger charge is 2.10. The van der Waals surface area contributed by atoms with Crippen molar-refractivity contribution in [2.75, 3.05) is 7.11 Å². The maximum absolute atomic E-state index is 13.8. The van der Waals surface area contributed by atoms with Crippen LogP contribution in [0.4, 0.5) is 4.39 Å². The molecule has 0 aliphatic carbocycles. The fourth-order valence-electron chi connectivity index (χ4n) is 2.95. The summed E-state index contributed by atoms with van der Waals surface area (Å²) < 4.78 is 25.1. The van der Waals surface area contributed by atoms with Gasteiger partial charge in [0.2, 0.25) is 0 Å². The van der Waals surface area contributed by atoms with E-state index in [1.54, 1.807) is 25.6 Å². The van der Waals surface area contributed by atoms with Gasteiger partial charge in [0, 0.05) is 30.5 Å². The number of halogens is 1. The Hall–Kier alpha value is -2.92. The minimum atomic E-state index is -0.160. The summed E-state index contributed by atoms with van der Waals surface area (Å²) in [7, 11) is 1.63. The van der Waals surface area contributed by atoms with E-state index in [2.05, 4.69) is 17.2 Å². The largest absolute Gasteiger partial charge is 0.493 e. The molecule has 0 aliphatic rings. The van der Waals surface area contributed by atoms with E-state index in [9.17, 15) is 4.39 Å². The van der Waals surface area contributed by atoms with Crippen LogP contribution >= 0.6 is 0 Å². The van der Waals surface area contributed by atoms with E-state index in [1.807, 2.05) is 42.5 Å². The molecule has 2 aromatic carbocycles. The average molecular weight is 380 g/mol. The fraction of sp³-hybridized carbons (Fsp3) is 0.261. The zero-order chi connectivity index (χ0) is 19.8. The first-order chi connectivity index (χ1) is 13.7. The van der Waals surface area contributed by atoms with E-state index in [0.29, 0.717) is 31.1 Å². The summed E-state index contributed by atoms with van der Waals surface area (Å²) in [5, 5.41) is 3.44. The topological polar surface area (TPSA) is 43.4 Å². The summed E-state index contributed by atoms with van der Waals surface area (Å²) >= 11 is 0. The van der Waals surface area contributed by atoms with Crippen molar-refractivity contribution < 1.29 is 13.9 Å². The zero-order valence-electron chi connectivity index (χ0n) is 16.2. The molecule has 1 heterocycles. The number of aromatic nitrogens is 1. The Bertz CT molecular complexity index is 887. The molecule has 0 radical (unpaired) electrons. The van der Waals surface area contributed by atoms with E-state index in [4.69, 9.17) is 9.47 Å². The Labute approximate surface area is 165 Å². The number of hydrogen-bond acceptors (Lipinski definition) is 4. The number of nitrogens with one attached hydrogen (secondary N) is 1. The molecule has 5 heteroatoms. The maximum atomic E-state index is 13.8. The molecule has 0 saturated carbocycles. The third-order valence-corrected chi connectivity index (χ3v) is 4.48. The number of benzene rings is 2. The third-order valence-electron chi connectivity index (χ3n) is 4.48. The lowest BCUT2D eigenvalue weighted by atomic mass is 10.1. The molecule has 146 valence electrons. The quantitative estimate of drug-likeness (QED) is 0.592. The van der Waals surface area contributed by atoms with Gasteiger partial charge in [-0.3, -0.25) is 4.98 Å². The molecule has 3 aromatic rings. The van der Waals surface area contributed by atoms with E-state index < -0.39 is 0 Å². The average Bonchev–Trinajstić information content (AvgIpc) is 2.73. The van der Waals surface area contributed by atoms with Crippen LogP contribution in [0.25, 0.3) is 0 Å². The van der Waals surface area contributed by atoms with Gasteiger partial charge in [-0.15, -0.1) is 0 Å². The second-order valence-electron chi connectivity index (χ2n) is 6.71. The van der Waals surface area contributed by atoms with Crippen LogP contribution in [0.1, 0.15) is 23.6 Å². The molecule has 0 spiro atoms. The standard InChI is InChI=1S/C23H25FN2O2/c1-17(12-20-7-3-4-8-21(20)24)26-15-18-9-10-22(27-2)23(13-18)28-16-19-6-5-11-25-14-19/h3-11,13-14,17,26H,12,15-16H2,1-2H3. The first-order valence-electron chi connectivity index (χ1n) is 9.31. The van der Waals surface area contributed by atoms with Gasteiger partial charge in [0.25, 0.3) is 0 Å². The highest BCUT2D eigenvalue weighted by atomic mass is 19.1. The van der Waals surface area contributed by atoms with Gasteiger partial charge < -0.3 is 14.8 Å². The monoisotopic (exact) mass is 380 g/mol. The van der Waals surface area contributed by atoms with Crippen LogP contribution in [0.2, 0.25) is 0 Å². The van der Waals surface area contributed by atoms with Crippen LogP contribution in [0, 0.1) is 5.82 Å². The van der Waals surface area contributed by atoms with Crippen molar-refractivity contribution in [3.8, 4) is 11.5 Å². The summed E-state index contributed by atoms with van der Waals surface area (Å²) in [6.45, 7) is 3.13. The molecule has 0 fully saturated rings. The Balaban J connectivity index is 1.60. The number of methoxy groups -OCH3 is 1. The Morgan fingerprint density at radius 1 is 1.04 bits per heavy atom. The number of nitrogens with zero attached hydrogens (tertiary/aromatic N) is 1. The maximum Gasteiger partial charge on any atom is 0.161 e. The van der Waals surface area contributed by atoms with E-state index >= 15 is 0 Å². The summed E-state index contributed by atoms with van der Waals surface area (Å²) in [6, 6.07) is 16.7. The molecule has 1 unspecified atom stereocenters. The van der Waals surface area contributed by atoms with Crippen molar-refractivity contribution >= 4 is 0 Å². The minimum absolute atomic E-state index is 0.138. The van der Waals surface area contributed by atoms with Gasteiger partial charge in [0.15, 0.2) is 11.5 Å². The molecule has 3 rings (SSSR count). The smallest absolute Gasteiger partial charge is 0.161 e. The molecule has 0 saturated heterocycles. The van der Waals surface area contributed by atoms with Crippen molar-refractivity contribution in [2.45, 2.75) is 32.5 Å². The van der Waals surface area contributed by atoms with Crippen LogP contribution in [0.15, 0.2) is 67.0 Å². The van der Waals surface area contributed by atoms with Crippen molar-refractivity contribution in [3.63, 3.8) is 0 Å². The molecule has 4 nitrogen and oxygen atoms in total. The van der Waals surface area contributed by atoms with Crippen molar-refractivity contribution in [3.05, 3.63) is 89.5 Å². The summed E-state index contributed by atoms with van der Waals surface area (Å²) in [5.41, 5.74) is 2.78. The van der Waals surface area contributed by atoms with Crippen LogP contribution < -0.4 is 14.8 Å². The van der Waals surface area contributed by atoms with Crippen LogP contribution in [0.5, 0.6) is 11.5 Å². The highest BCUT2D eigenvalue weighted by molar-refractivity contribution is 5.43. The van der Waals surface area contributed by atoms with E-state index in [0.717, 1.165) is 16.7 Å². The number of ether oxygens (including phenoxy) is 2. The fourth-order valence-corrected chi connectivity index (χ4v) is 2.95. The van der Waals surface area contributed by atoms with Gasteiger partial charge in [-0.25, -0.2) is 4.39 Å². The molecule has 1 aromatic heterocycles. The molecule has 0 bridgehead atoms.